The van der Waals surface area contributed by atoms with E-state index in [0.29, 0.717) is 33.9 Å². The molecule has 0 aliphatic rings. The molecule has 0 spiro atoms. The molecule has 7 nitrogen and oxygen atoms in total. The fraction of sp³-hybridized carbons (Fsp3) is 0.0145. The Morgan fingerprint density at radius 2 is 0.684 bits per heavy atom. The Hall–Kier alpha value is -10.6. The number of benzene rings is 11. The summed E-state index contributed by atoms with van der Waals surface area (Å²) in [5.74, 6) is 0. The summed E-state index contributed by atoms with van der Waals surface area (Å²) < 4.78 is 16.0. The average Bonchev–Trinajstić information content (AvgIpc) is 4.44. The molecule has 0 fully saturated rings. The first kappa shape index (κ1) is 42.0. The van der Waals surface area contributed by atoms with Crippen molar-refractivity contribution in [2.75, 3.05) is 0 Å². The van der Waals surface area contributed by atoms with Gasteiger partial charge >= 0.3 is 0 Å². The van der Waals surface area contributed by atoms with Crippen molar-refractivity contribution in [3.05, 3.63) is 241 Å². The molecule has 0 atom stereocenters. The van der Waals surface area contributed by atoms with Crippen molar-refractivity contribution in [1.82, 2.24) is 18.3 Å². The first-order valence-electron chi connectivity index (χ1n) is 25.6. The second-order valence-corrected chi connectivity index (χ2v) is 19.8. The van der Waals surface area contributed by atoms with E-state index in [9.17, 15) is 10.5 Å². The lowest BCUT2D eigenvalue weighted by molar-refractivity contribution is 0.673. The van der Waals surface area contributed by atoms with Gasteiger partial charge in [0.25, 0.3) is 0 Å². The van der Waals surface area contributed by atoms with Crippen molar-refractivity contribution in [3.63, 3.8) is 0 Å². The Bertz CT molecular complexity index is 5130. The molecule has 0 radical (unpaired) electrons. The fourth-order valence-corrected chi connectivity index (χ4v) is 12.9. The van der Waals surface area contributed by atoms with Gasteiger partial charge < -0.3 is 22.7 Å². The van der Waals surface area contributed by atoms with Gasteiger partial charge in [0.05, 0.1) is 72.3 Å². The number of fused-ring (bicyclic) bond motifs is 16. The molecule has 7 heteroatoms. The maximum absolute atomic E-state index is 12.7. The summed E-state index contributed by atoms with van der Waals surface area (Å²) in [5, 5.41) is 35.5. The smallest absolute Gasteiger partial charge is 0.145 e. The minimum absolute atomic E-state index is 0.394. The van der Waals surface area contributed by atoms with Gasteiger partial charge in [0.2, 0.25) is 0 Å². The summed E-state index contributed by atoms with van der Waals surface area (Å²) in [7, 11) is 0. The van der Waals surface area contributed by atoms with Crippen molar-refractivity contribution in [1.29, 1.82) is 10.5 Å². The van der Waals surface area contributed by atoms with Crippen LogP contribution in [0.5, 0.6) is 0 Å². The SMILES string of the molecule is Cc1ccccc1-c1ccc2c(c1)c1c3oc4ccccc4c3ccc1n2-c1c(C#N)c(-n2c3ccccc3c3ccccc32)c(-n2c3ccccc3c3ccccc32)c(C#N)c1-n1c2ccccc2c2ccccc21. The molecule has 0 saturated carbocycles. The van der Waals surface area contributed by atoms with E-state index in [1.165, 1.54) is 0 Å². The molecule has 0 bridgehead atoms. The first-order valence-corrected chi connectivity index (χ1v) is 25.6. The molecule has 352 valence electrons. The third-order valence-corrected chi connectivity index (χ3v) is 16.0. The standard InChI is InChI=1S/C69H40N6O/c1-41-18-2-3-19-43(41)42-34-36-61-52(38-42)64-62(37-35-51-50-26-10-17-33-63(50)76-69(51)64)75(61)68-54(40-71)66(73-57-29-13-6-22-46(57)47-23-7-14-30-58(47)73)65(72-55-27-11-4-20-44(55)45-21-5-12-28-56(45)72)53(39-70)67(68)74-59-31-15-8-24-48(59)49-25-9-16-32-60(49)74/h2-38H,1H3. The predicted octanol–water partition coefficient (Wildman–Crippen LogP) is 17.7. The van der Waals surface area contributed by atoms with E-state index in [-0.39, 0.29) is 0 Å². The van der Waals surface area contributed by atoms with Gasteiger partial charge in [-0.3, -0.25) is 0 Å². The zero-order valence-corrected chi connectivity index (χ0v) is 41.0. The molecule has 11 aromatic carbocycles. The van der Waals surface area contributed by atoms with E-state index in [1.54, 1.807) is 0 Å². The third kappa shape index (κ3) is 5.52. The van der Waals surface area contributed by atoms with Crippen LogP contribution in [-0.2, 0) is 0 Å². The number of nitriles is 2. The highest BCUT2D eigenvalue weighted by atomic mass is 16.3. The number of hydrogen-bond acceptors (Lipinski definition) is 3. The molecule has 0 N–H and O–H groups in total. The van der Waals surface area contributed by atoms with Gasteiger partial charge in [-0.2, -0.15) is 10.5 Å². The Labute approximate surface area is 434 Å². The molecule has 16 rings (SSSR count). The molecule has 0 aliphatic heterocycles. The lowest BCUT2D eigenvalue weighted by Crippen LogP contribution is -2.16. The molecule has 76 heavy (non-hydrogen) atoms. The van der Waals surface area contributed by atoms with Crippen LogP contribution in [0.2, 0.25) is 0 Å². The molecule has 5 heterocycles. The Morgan fingerprint density at radius 3 is 1.12 bits per heavy atom. The van der Waals surface area contributed by atoms with Gasteiger partial charge in [-0.25, -0.2) is 0 Å². The minimum atomic E-state index is 0.394. The summed E-state index contributed by atoms with van der Waals surface area (Å²) in [6.45, 7) is 2.15. The van der Waals surface area contributed by atoms with Crippen molar-refractivity contribution in [3.8, 4) is 46.0 Å². The van der Waals surface area contributed by atoms with Crippen LogP contribution < -0.4 is 0 Å². The van der Waals surface area contributed by atoms with Crippen LogP contribution in [0.3, 0.4) is 0 Å². The summed E-state index contributed by atoms with van der Waals surface area (Å²) >= 11 is 0. The van der Waals surface area contributed by atoms with E-state index < -0.39 is 0 Å². The molecule has 5 aromatic heterocycles. The predicted molar refractivity (Wildman–Crippen MR) is 311 cm³/mol. The highest BCUT2D eigenvalue weighted by Gasteiger charge is 2.35. The topological polar surface area (TPSA) is 80.4 Å². The van der Waals surface area contributed by atoms with E-state index in [2.05, 4.69) is 250 Å². The van der Waals surface area contributed by atoms with E-state index in [0.717, 1.165) is 126 Å². The highest BCUT2D eigenvalue weighted by molar-refractivity contribution is 6.25. The molecule has 0 unspecified atom stereocenters. The van der Waals surface area contributed by atoms with E-state index in [4.69, 9.17) is 4.42 Å². The quantitative estimate of drug-likeness (QED) is 0.172. The average molecular weight is 969 g/mol. The van der Waals surface area contributed by atoms with E-state index in [1.807, 2.05) is 12.1 Å². The number of nitrogens with zero attached hydrogens (tertiary/aromatic N) is 6. The van der Waals surface area contributed by atoms with Gasteiger partial charge in [-0.05, 0) is 90.3 Å². The molecule has 0 amide bonds. The van der Waals surface area contributed by atoms with Gasteiger partial charge in [-0.15, -0.1) is 0 Å². The minimum Gasteiger partial charge on any atom is -0.455 e. The normalized spacial score (nSPS) is 12.0. The van der Waals surface area contributed by atoms with Crippen LogP contribution >= 0.6 is 0 Å². The molecule has 0 saturated heterocycles. The molecule has 16 aromatic rings. The molecular formula is C69H40N6O. The Kier molecular flexibility index (Phi) is 8.67. The van der Waals surface area contributed by atoms with Gasteiger partial charge in [-0.1, -0.05) is 158 Å². The van der Waals surface area contributed by atoms with Gasteiger partial charge in [0.15, 0.2) is 0 Å². The number of hydrogen-bond donors (Lipinski definition) is 0. The fourth-order valence-electron chi connectivity index (χ4n) is 12.9. The zero-order valence-electron chi connectivity index (χ0n) is 41.0. The van der Waals surface area contributed by atoms with E-state index >= 15 is 0 Å². The lowest BCUT2D eigenvalue weighted by Gasteiger charge is -2.27. The summed E-state index contributed by atoms with van der Waals surface area (Å²) in [4.78, 5) is 0. The third-order valence-electron chi connectivity index (χ3n) is 16.0. The van der Waals surface area contributed by atoms with Crippen molar-refractivity contribution < 1.29 is 4.42 Å². The number of para-hydroxylation sites is 7. The van der Waals surface area contributed by atoms with Crippen LogP contribution in [0.4, 0.5) is 0 Å². The van der Waals surface area contributed by atoms with Gasteiger partial charge in [0.1, 0.15) is 34.4 Å². The maximum atomic E-state index is 12.7. The largest absolute Gasteiger partial charge is 0.455 e. The Morgan fingerprint density at radius 1 is 0.329 bits per heavy atom. The summed E-state index contributed by atoms with van der Waals surface area (Å²) in [6.07, 6.45) is 0. The molecular weight excluding hydrogens is 929 g/mol. The number of furan rings is 1. The number of aromatic nitrogens is 4. The van der Waals surface area contributed by atoms with Crippen LogP contribution in [0, 0.1) is 29.6 Å². The summed E-state index contributed by atoms with van der Waals surface area (Å²) in [6, 6.07) is 84.0. The van der Waals surface area contributed by atoms with Crippen LogP contribution in [0.1, 0.15) is 16.7 Å². The second-order valence-electron chi connectivity index (χ2n) is 19.8. The summed E-state index contributed by atoms with van der Waals surface area (Å²) in [5.41, 5.74) is 15.2. The number of rotatable bonds is 5. The van der Waals surface area contributed by atoms with Crippen LogP contribution in [0.15, 0.2) is 229 Å². The lowest BCUT2D eigenvalue weighted by atomic mass is 9.98. The molecule has 0 aliphatic carbocycles. The van der Waals surface area contributed by atoms with Crippen molar-refractivity contribution in [2.45, 2.75) is 6.92 Å². The zero-order chi connectivity index (χ0) is 50.3. The second kappa shape index (κ2) is 15.7. The number of aryl methyl sites for hydroxylation is 1. The van der Waals surface area contributed by atoms with Crippen LogP contribution in [-0.4, -0.2) is 18.3 Å². The monoisotopic (exact) mass is 968 g/mol. The van der Waals surface area contributed by atoms with Crippen LogP contribution in [0.25, 0.3) is 143 Å². The van der Waals surface area contributed by atoms with Crippen molar-refractivity contribution in [2.24, 2.45) is 0 Å². The van der Waals surface area contributed by atoms with Gasteiger partial charge in [0, 0.05) is 48.5 Å². The maximum Gasteiger partial charge on any atom is 0.145 e. The Balaban J connectivity index is 1.21. The van der Waals surface area contributed by atoms with Crippen molar-refractivity contribution >= 4 is 109 Å². The first-order chi connectivity index (χ1) is 37.6. The highest BCUT2D eigenvalue weighted by Crippen LogP contribution is 2.50.